The molecule has 1 aliphatic rings. The van der Waals surface area contributed by atoms with Crippen molar-refractivity contribution in [2.75, 3.05) is 36.7 Å². The van der Waals surface area contributed by atoms with Gasteiger partial charge < -0.3 is 15.8 Å². The van der Waals surface area contributed by atoms with Gasteiger partial charge in [0.05, 0.1) is 12.6 Å². The molecule has 0 bridgehead atoms. The molecule has 1 unspecified atom stereocenters. The first-order valence-electron chi connectivity index (χ1n) is 9.80. The molecule has 0 radical (unpaired) electrons. The molecule has 146 valence electrons. The number of hydrogen-bond acceptors (Lipinski definition) is 5. The van der Waals surface area contributed by atoms with Crippen molar-refractivity contribution in [1.82, 2.24) is 4.98 Å². The number of fused-ring (bicyclic) bond motifs is 2. The summed E-state index contributed by atoms with van der Waals surface area (Å²) in [4.78, 5) is 4.74. The molecule has 1 heterocycles. The Kier molecular flexibility index (Phi) is 5.62. The van der Waals surface area contributed by atoms with E-state index in [1.807, 2.05) is 30.0 Å². The zero-order valence-corrected chi connectivity index (χ0v) is 17.3. The van der Waals surface area contributed by atoms with Gasteiger partial charge in [0.25, 0.3) is 0 Å². The summed E-state index contributed by atoms with van der Waals surface area (Å²) < 4.78 is 5.45. The summed E-state index contributed by atoms with van der Waals surface area (Å²) in [5.41, 5.74) is 12.3. The average molecular weight is 394 g/mol. The highest BCUT2D eigenvalue weighted by Gasteiger charge is 2.27. The Morgan fingerprint density at radius 3 is 2.93 bits per heavy atom. The van der Waals surface area contributed by atoms with E-state index in [4.69, 9.17) is 15.5 Å². The average Bonchev–Trinajstić information content (AvgIpc) is 3.13. The Labute approximate surface area is 170 Å². The van der Waals surface area contributed by atoms with Crippen LogP contribution in [0.1, 0.15) is 35.4 Å². The lowest BCUT2D eigenvalue weighted by atomic mass is 9.92. The maximum absolute atomic E-state index is 6.42. The Bertz CT molecular complexity index is 989. The van der Waals surface area contributed by atoms with E-state index in [-0.39, 0.29) is 5.92 Å². The SMILES string of the molecule is COc1ccc2c(c1)C(c1cc3c(NCCCSC)cccc3nc1N)CC2. The number of benzene rings is 2. The van der Waals surface area contributed by atoms with Gasteiger partial charge in [-0.25, -0.2) is 4.98 Å². The monoisotopic (exact) mass is 393 g/mol. The van der Waals surface area contributed by atoms with E-state index in [1.54, 1.807) is 7.11 Å². The molecule has 5 heteroatoms. The predicted octanol–water partition coefficient (Wildman–Crippen LogP) is 5.07. The van der Waals surface area contributed by atoms with Gasteiger partial charge in [-0.2, -0.15) is 11.8 Å². The van der Waals surface area contributed by atoms with E-state index in [1.165, 1.54) is 11.1 Å². The fourth-order valence-corrected chi connectivity index (χ4v) is 4.56. The standard InChI is InChI=1S/C23H27N3OS/c1-27-16-9-7-15-8-10-17(18(15)13-16)19-14-20-21(25-11-4-12-28-2)5-3-6-22(20)26-23(19)24/h3,5-7,9,13-14,17,25H,4,8,10-12H2,1-2H3,(H2,24,26). The third-order valence-corrected chi connectivity index (χ3v) is 6.26. The second-order valence-electron chi connectivity index (χ2n) is 7.26. The number of rotatable bonds is 7. The van der Waals surface area contributed by atoms with E-state index in [9.17, 15) is 0 Å². The molecular weight excluding hydrogens is 366 g/mol. The van der Waals surface area contributed by atoms with E-state index in [0.717, 1.165) is 59.5 Å². The summed E-state index contributed by atoms with van der Waals surface area (Å²) in [5, 5.41) is 4.73. The summed E-state index contributed by atoms with van der Waals surface area (Å²) >= 11 is 1.88. The van der Waals surface area contributed by atoms with Crippen molar-refractivity contribution >= 4 is 34.2 Å². The maximum atomic E-state index is 6.42. The van der Waals surface area contributed by atoms with Crippen LogP contribution in [-0.4, -0.2) is 30.6 Å². The van der Waals surface area contributed by atoms with E-state index >= 15 is 0 Å². The third-order valence-electron chi connectivity index (χ3n) is 5.57. The molecule has 0 spiro atoms. The molecule has 0 amide bonds. The second kappa shape index (κ2) is 8.31. The van der Waals surface area contributed by atoms with E-state index in [0.29, 0.717) is 5.82 Å². The Morgan fingerprint density at radius 1 is 1.21 bits per heavy atom. The zero-order chi connectivity index (χ0) is 19.5. The minimum atomic E-state index is 0.270. The minimum absolute atomic E-state index is 0.270. The van der Waals surface area contributed by atoms with Crippen molar-refractivity contribution in [2.45, 2.75) is 25.2 Å². The van der Waals surface area contributed by atoms with Gasteiger partial charge in [0.15, 0.2) is 0 Å². The van der Waals surface area contributed by atoms with Crippen molar-refractivity contribution in [3.63, 3.8) is 0 Å². The largest absolute Gasteiger partial charge is 0.497 e. The number of nitrogens with zero attached hydrogens (tertiary/aromatic N) is 1. The quantitative estimate of drug-likeness (QED) is 0.549. The van der Waals surface area contributed by atoms with Gasteiger partial charge in [-0.3, -0.25) is 0 Å². The molecule has 3 aromatic rings. The fourth-order valence-electron chi connectivity index (χ4n) is 4.13. The van der Waals surface area contributed by atoms with Crippen molar-refractivity contribution in [2.24, 2.45) is 0 Å². The lowest BCUT2D eigenvalue weighted by Gasteiger charge is -2.17. The van der Waals surface area contributed by atoms with Gasteiger partial charge in [-0.1, -0.05) is 12.1 Å². The minimum Gasteiger partial charge on any atom is -0.497 e. The van der Waals surface area contributed by atoms with Gasteiger partial charge in [0, 0.05) is 29.1 Å². The van der Waals surface area contributed by atoms with Gasteiger partial charge in [0.1, 0.15) is 11.6 Å². The number of nitrogen functional groups attached to an aromatic ring is 1. The lowest BCUT2D eigenvalue weighted by molar-refractivity contribution is 0.414. The molecule has 2 aromatic carbocycles. The van der Waals surface area contributed by atoms with Crippen LogP contribution in [0.4, 0.5) is 11.5 Å². The maximum Gasteiger partial charge on any atom is 0.127 e. The van der Waals surface area contributed by atoms with Gasteiger partial charge in [-0.15, -0.1) is 0 Å². The molecular formula is C23H27N3OS. The van der Waals surface area contributed by atoms with Crippen molar-refractivity contribution < 1.29 is 4.74 Å². The lowest BCUT2D eigenvalue weighted by Crippen LogP contribution is -2.06. The van der Waals surface area contributed by atoms with Crippen molar-refractivity contribution in [1.29, 1.82) is 0 Å². The fraction of sp³-hybridized carbons (Fsp3) is 0.348. The van der Waals surface area contributed by atoms with Crippen molar-refractivity contribution in [3.8, 4) is 5.75 Å². The van der Waals surface area contributed by atoms with Crippen LogP contribution < -0.4 is 15.8 Å². The molecule has 0 saturated carbocycles. The van der Waals surface area contributed by atoms with Crippen LogP contribution in [0.2, 0.25) is 0 Å². The topological polar surface area (TPSA) is 60.2 Å². The number of aromatic nitrogens is 1. The molecule has 1 aromatic heterocycles. The number of ether oxygens (including phenoxy) is 1. The number of hydrogen-bond donors (Lipinski definition) is 2. The van der Waals surface area contributed by atoms with Crippen LogP contribution >= 0.6 is 11.8 Å². The smallest absolute Gasteiger partial charge is 0.127 e. The highest BCUT2D eigenvalue weighted by molar-refractivity contribution is 7.98. The first-order chi connectivity index (χ1) is 13.7. The highest BCUT2D eigenvalue weighted by Crippen LogP contribution is 2.42. The van der Waals surface area contributed by atoms with Crippen LogP contribution in [0.15, 0.2) is 42.5 Å². The van der Waals surface area contributed by atoms with E-state index in [2.05, 4.69) is 35.8 Å². The second-order valence-corrected chi connectivity index (χ2v) is 8.25. The third kappa shape index (κ3) is 3.63. The molecule has 1 atom stereocenters. The molecule has 4 nitrogen and oxygen atoms in total. The normalized spacial score (nSPS) is 15.6. The summed E-state index contributed by atoms with van der Waals surface area (Å²) in [6.07, 6.45) is 5.41. The number of thioether (sulfide) groups is 1. The number of pyridine rings is 1. The number of nitrogens with one attached hydrogen (secondary N) is 1. The molecule has 1 aliphatic carbocycles. The summed E-state index contributed by atoms with van der Waals surface area (Å²) in [6, 6.07) is 14.8. The molecule has 0 saturated heterocycles. The molecule has 0 aliphatic heterocycles. The number of nitrogens with two attached hydrogens (primary N) is 1. The number of anilines is 2. The Morgan fingerprint density at radius 2 is 2.11 bits per heavy atom. The van der Waals surface area contributed by atoms with Crippen LogP contribution in [0.3, 0.4) is 0 Å². The van der Waals surface area contributed by atoms with Crippen LogP contribution in [0.5, 0.6) is 5.75 Å². The molecule has 4 rings (SSSR count). The highest BCUT2D eigenvalue weighted by atomic mass is 32.2. The van der Waals surface area contributed by atoms with Crippen molar-refractivity contribution in [3.05, 3.63) is 59.2 Å². The number of aryl methyl sites for hydroxylation is 1. The molecule has 3 N–H and O–H groups in total. The predicted molar refractivity (Wildman–Crippen MR) is 121 cm³/mol. The summed E-state index contributed by atoms with van der Waals surface area (Å²) in [5.74, 6) is 2.96. The van der Waals surface area contributed by atoms with Gasteiger partial charge in [-0.05, 0) is 72.7 Å². The van der Waals surface area contributed by atoms with Crippen LogP contribution in [0.25, 0.3) is 10.9 Å². The Balaban J connectivity index is 1.72. The van der Waals surface area contributed by atoms with Crippen LogP contribution in [0, 0.1) is 0 Å². The number of methoxy groups -OCH3 is 1. The van der Waals surface area contributed by atoms with E-state index < -0.39 is 0 Å². The summed E-state index contributed by atoms with van der Waals surface area (Å²) in [6.45, 7) is 0.961. The summed E-state index contributed by atoms with van der Waals surface area (Å²) in [7, 11) is 1.71. The zero-order valence-electron chi connectivity index (χ0n) is 16.5. The van der Waals surface area contributed by atoms with Gasteiger partial charge >= 0.3 is 0 Å². The van der Waals surface area contributed by atoms with Crippen LogP contribution in [-0.2, 0) is 6.42 Å². The molecule has 28 heavy (non-hydrogen) atoms. The van der Waals surface area contributed by atoms with Gasteiger partial charge in [0.2, 0.25) is 0 Å². The first-order valence-corrected chi connectivity index (χ1v) is 11.2. The Hall–Kier alpha value is -2.40. The first kappa shape index (κ1) is 18.9. The molecule has 0 fully saturated rings.